The zero-order valence-electron chi connectivity index (χ0n) is 16.4. The van der Waals surface area contributed by atoms with E-state index in [0.29, 0.717) is 32.7 Å². The number of fused-ring (bicyclic) bond motifs is 1. The lowest BCUT2D eigenvalue weighted by molar-refractivity contribution is -0.142. The number of anilines is 1. The van der Waals surface area contributed by atoms with Crippen LogP contribution in [0.3, 0.4) is 0 Å². The molecule has 1 unspecified atom stereocenters. The van der Waals surface area contributed by atoms with Crippen LogP contribution >= 0.6 is 0 Å². The molecule has 0 bridgehead atoms. The first kappa shape index (κ1) is 18.2. The Bertz CT molecular complexity index is 971. The van der Waals surface area contributed by atoms with Gasteiger partial charge in [-0.05, 0) is 24.3 Å². The monoisotopic (exact) mass is 391 g/mol. The highest BCUT2D eigenvalue weighted by Crippen LogP contribution is 2.33. The third-order valence-corrected chi connectivity index (χ3v) is 6.36. The Labute approximate surface area is 170 Å². The first-order valence-electron chi connectivity index (χ1n) is 10.5. The van der Waals surface area contributed by atoms with E-state index in [1.165, 1.54) is 0 Å². The summed E-state index contributed by atoms with van der Waals surface area (Å²) in [5, 5.41) is 2.12. The summed E-state index contributed by atoms with van der Waals surface area (Å²) >= 11 is 0. The van der Waals surface area contributed by atoms with Crippen LogP contribution < -0.4 is 4.90 Å². The van der Waals surface area contributed by atoms with Crippen molar-refractivity contribution in [2.45, 2.75) is 19.3 Å². The number of hydrogen-bond donors (Lipinski definition) is 0. The first-order valence-corrected chi connectivity index (χ1v) is 10.5. The standard InChI is InChI=1S/C23H25N3O3/c27-21-14-18(15-26(21)20-7-3-5-16-4-1-2-6-19(16)20)23(29)25-12-10-24(11-13-25)22(28)17-8-9-17/h1-7,17-18H,8-15H2. The average Bonchev–Trinajstić information content (AvgIpc) is 3.54. The Morgan fingerprint density at radius 2 is 1.41 bits per heavy atom. The summed E-state index contributed by atoms with van der Waals surface area (Å²) in [4.78, 5) is 43.5. The smallest absolute Gasteiger partial charge is 0.228 e. The zero-order valence-corrected chi connectivity index (χ0v) is 16.4. The minimum atomic E-state index is -0.313. The highest BCUT2D eigenvalue weighted by molar-refractivity contribution is 6.07. The van der Waals surface area contributed by atoms with Crippen molar-refractivity contribution < 1.29 is 14.4 Å². The lowest BCUT2D eigenvalue weighted by atomic mass is 10.1. The van der Waals surface area contributed by atoms with Gasteiger partial charge < -0.3 is 14.7 Å². The molecule has 1 aliphatic carbocycles. The number of carbonyl (C=O) groups excluding carboxylic acids is 3. The third-order valence-electron chi connectivity index (χ3n) is 6.36. The number of carbonyl (C=O) groups is 3. The second-order valence-electron chi connectivity index (χ2n) is 8.33. The van der Waals surface area contributed by atoms with Gasteiger partial charge in [0.25, 0.3) is 0 Å². The van der Waals surface area contributed by atoms with Crippen molar-refractivity contribution in [1.29, 1.82) is 0 Å². The second-order valence-corrected chi connectivity index (χ2v) is 8.33. The lowest BCUT2D eigenvalue weighted by Gasteiger charge is -2.36. The van der Waals surface area contributed by atoms with Crippen molar-refractivity contribution in [2.75, 3.05) is 37.6 Å². The van der Waals surface area contributed by atoms with E-state index in [2.05, 4.69) is 0 Å². The number of nitrogens with zero attached hydrogens (tertiary/aromatic N) is 3. The van der Waals surface area contributed by atoms with Crippen molar-refractivity contribution in [3.05, 3.63) is 42.5 Å². The van der Waals surface area contributed by atoms with Crippen LogP contribution in [0.25, 0.3) is 10.8 Å². The topological polar surface area (TPSA) is 60.9 Å². The van der Waals surface area contributed by atoms with E-state index in [1.54, 1.807) is 4.90 Å². The molecule has 2 heterocycles. The molecular formula is C23H25N3O3. The molecule has 1 saturated carbocycles. The molecule has 2 aliphatic heterocycles. The molecule has 2 saturated heterocycles. The molecule has 6 nitrogen and oxygen atoms in total. The van der Waals surface area contributed by atoms with Crippen LogP contribution in [-0.2, 0) is 14.4 Å². The van der Waals surface area contributed by atoms with Gasteiger partial charge in [0.2, 0.25) is 17.7 Å². The average molecular weight is 391 g/mol. The van der Waals surface area contributed by atoms with Crippen LogP contribution in [0.15, 0.2) is 42.5 Å². The maximum atomic E-state index is 13.1. The van der Waals surface area contributed by atoms with Crippen LogP contribution in [0.1, 0.15) is 19.3 Å². The van der Waals surface area contributed by atoms with Gasteiger partial charge >= 0.3 is 0 Å². The third kappa shape index (κ3) is 3.37. The second kappa shape index (κ2) is 7.17. The van der Waals surface area contributed by atoms with Gasteiger partial charge in [-0.15, -0.1) is 0 Å². The van der Waals surface area contributed by atoms with E-state index >= 15 is 0 Å². The van der Waals surface area contributed by atoms with Gasteiger partial charge in [-0.3, -0.25) is 14.4 Å². The van der Waals surface area contributed by atoms with Crippen LogP contribution in [0.5, 0.6) is 0 Å². The number of rotatable bonds is 3. The van der Waals surface area contributed by atoms with Crippen molar-refractivity contribution in [3.63, 3.8) is 0 Å². The molecular weight excluding hydrogens is 366 g/mol. The first-order chi connectivity index (χ1) is 14.1. The molecule has 29 heavy (non-hydrogen) atoms. The highest BCUT2D eigenvalue weighted by Gasteiger charge is 2.40. The molecule has 5 rings (SSSR count). The van der Waals surface area contributed by atoms with Crippen LogP contribution in [-0.4, -0.2) is 60.2 Å². The molecule has 3 fully saturated rings. The normalized spacial score (nSPS) is 22.4. The van der Waals surface area contributed by atoms with E-state index in [9.17, 15) is 14.4 Å². The van der Waals surface area contributed by atoms with Gasteiger partial charge in [0, 0.05) is 50.4 Å². The minimum absolute atomic E-state index is 0.00208. The Morgan fingerprint density at radius 3 is 2.10 bits per heavy atom. The van der Waals surface area contributed by atoms with Crippen molar-refractivity contribution >= 4 is 34.2 Å². The van der Waals surface area contributed by atoms with Crippen molar-refractivity contribution in [3.8, 4) is 0 Å². The quantitative estimate of drug-likeness (QED) is 0.807. The van der Waals surface area contributed by atoms with Gasteiger partial charge in [-0.2, -0.15) is 0 Å². The van der Waals surface area contributed by atoms with Gasteiger partial charge in [-0.25, -0.2) is 0 Å². The number of amides is 3. The van der Waals surface area contributed by atoms with E-state index in [1.807, 2.05) is 52.3 Å². The van der Waals surface area contributed by atoms with Crippen LogP contribution in [0.2, 0.25) is 0 Å². The van der Waals surface area contributed by atoms with E-state index in [4.69, 9.17) is 0 Å². The summed E-state index contributed by atoms with van der Waals surface area (Å²) in [7, 11) is 0. The van der Waals surface area contributed by atoms with E-state index in [-0.39, 0.29) is 36.0 Å². The maximum absolute atomic E-state index is 13.1. The minimum Gasteiger partial charge on any atom is -0.339 e. The predicted octanol–water partition coefficient (Wildman–Crippen LogP) is 2.27. The molecule has 0 N–H and O–H groups in total. The van der Waals surface area contributed by atoms with Crippen molar-refractivity contribution in [2.24, 2.45) is 11.8 Å². The summed E-state index contributed by atoms with van der Waals surface area (Å²) < 4.78 is 0. The Kier molecular flexibility index (Phi) is 4.49. The zero-order chi connectivity index (χ0) is 20.0. The Balaban J connectivity index is 1.26. The largest absolute Gasteiger partial charge is 0.339 e. The fourth-order valence-corrected chi connectivity index (χ4v) is 4.54. The SMILES string of the molecule is O=C(C1CC1)N1CCN(C(=O)C2CC(=O)N(c3cccc4ccccc34)C2)CC1. The number of hydrogen-bond acceptors (Lipinski definition) is 3. The fourth-order valence-electron chi connectivity index (χ4n) is 4.54. The Hall–Kier alpha value is -2.89. The molecule has 0 spiro atoms. The van der Waals surface area contributed by atoms with Gasteiger partial charge in [0.1, 0.15) is 0 Å². The fraction of sp³-hybridized carbons (Fsp3) is 0.435. The molecule has 0 aromatic heterocycles. The summed E-state index contributed by atoms with van der Waals surface area (Å²) in [5.41, 5.74) is 0.878. The molecule has 150 valence electrons. The molecule has 0 radical (unpaired) electrons. The number of benzene rings is 2. The van der Waals surface area contributed by atoms with Crippen molar-refractivity contribution in [1.82, 2.24) is 9.80 Å². The lowest BCUT2D eigenvalue weighted by Crippen LogP contribution is -2.52. The highest BCUT2D eigenvalue weighted by atomic mass is 16.2. The van der Waals surface area contributed by atoms with Gasteiger partial charge in [-0.1, -0.05) is 36.4 Å². The van der Waals surface area contributed by atoms with Crippen LogP contribution in [0.4, 0.5) is 5.69 Å². The molecule has 3 amide bonds. The van der Waals surface area contributed by atoms with Gasteiger partial charge in [0.05, 0.1) is 11.6 Å². The summed E-state index contributed by atoms with van der Waals surface area (Å²) in [5.74, 6) is 0.197. The molecule has 6 heteroatoms. The molecule has 2 aromatic rings. The summed E-state index contributed by atoms with van der Waals surface area (Å²) in [6.07, 6.45) is 2.27. The molecule has 3 aliphatic rings. The molecule has 2 aromatic carbocycles. The van der Waals surface area contributed by atoms with E-state index < -0.39 is 0 Å². The predicted molar refractivity (Wildman–Crippen MR) is 110 cm³/mol. The van der Waals surface area contributed by atoms with E-state index in [0.717, 1.165) is 29.3 Å². The Morgan fingerprint density at radius 1 is 0.793 bits per heavy atom. The maximum Gasteiger partial charge on any atom is 0.228 e. The molecule has 1 atom stereocenters. The van der Waals surface area contributed by atoms with Gasteiger partial charge in [0.15, 0.2) is 0 Å². The summed E-state index contributed by atoms with van der Waals surface area (Å²) in [6, 6.07) is 13.9. The van der Waals surface area contributed by atoms with Crippen LogP contribution in [0, 0.1) is 11.8 Å². The summed E-state index contributed by atoms with van der Waals surface area (Å²) in [6.45, 7) is 2.77. The number of piperazine rings is 1.